The summed E-state index contributed by atoms with van der Waals surface area (Å²) in [5.41, 5.74) is 1.34. The van der Waals surface area contributed by atoms with Crippen LogP contribution in [-0.2, 0) is 29.0 Å². The Labute approximate surface area is 313 Å². The number of carbonyl (C=O) groups excluding carboxylic acids is 3. The number of amides is 5. The van der Waals surface area contributed by atoms with E-state index in [4.69, 9.17) is 0 Å². The Kier molecular flexibility index (Phi) is 13.6. The summed E-state index contributed by atoms with van der Waals surface area (Å²) in [5, 5.41) is 27.9. The fraction of sp³-hybridized carbons (Fsp3) is 0.488. The average Bonchev–Trinajstić information content (AvgIpc) is 3.42. The zero-order chi connectivity index (χ0) is 38.9. The highest BCUT2D eigenvalue weighted by atomic mass is 16.4. The van der Waals surface area contributed by atoms with Gasteiger partial charge in [-0.05, 0) is 52.8 Å². The van der Waals surface area contributed by atoms with Crippen LogP contribution in [0.25, 0.3) is 0 Å². The van der Waals surface area contributed by atoms with E-state index in [2.05, 4.69) is 15.6 Å². The smallest absolute Gasteiger partial charge is 0.407 e. The van der Waals surface area contributed by atoms with Gasteiger partial charge in [0.2, 0.25) is 11.8 Å². The van der Waals surface area contributed by atoms with Crippen molar-refractivity contribution >= 4 is 23.9 Å². The third-order valence-electron chi connectivity index (χ3n) is 9.65. The van der Waals surface area contributed by atoms with Gasteiger partial charge in [0.05, 0.1) is 12.1 Å². The highest BCUT2D eigenvalue weighted by Crippen LogP contribution is 2.29. The van der Waals surface area contributed by atoms with Crippen LogP contribution in [0.1, 0.15) is 64.7 Å². The van der Waals surface area contributed by atoms with Gasteiger partial charge in [-0.2, -0.15) is 0 Å². The van der Waals surface area contributed by atoms with Crippen molar-refractivity contribution < 1.29 is 29.4 Å². The van der Waals surface area contributed by atoms with E-state index in [1.165, 1.54) is 7.05 Å². The Morgan fingerprint density at radius 3 is 1.92 bits per heavy atom. The predicted octanol–water partition coefficient (Wildman–Crippen LogP) is 4.96. The van der Waals surface area contributed by atoms with Crippen molar-refractivity contribution in [3.63, 3.8) is 0 Å². The van der Waals surface area contributed by atoms with Crippen LogP contribution in [0.15, 0.2) is 85.2 Å². The fourth-order valence-electron chi connectivity index (χ4n) is 7.20. The molecule has 4 N–H and O–H groups in total. The third-order valence-corrected chi connectivity index (χ3v) is 9.65. The summed E-state index contributed by atoms with van der Waals surface area (Å²) in [4.78, 5) is 62.5. The number of benzene rings is 2. The molecule has 1 saturated heterocycles. The molecule has 3 aromatic rings. The number of nitrogens with one attached hydrogen (secondary N) is 2. The number of carbonyl (C=O) groups is 4. The maximum absolute atomic E-state index is 14.4. The minimum Gasteiger partial charge on any atom is -0.465 e. The number of rotatable bonds is 15. The van der Waals surface area contributed by atoms with Gasteiger partial charge in [-0.15, -0.1) is 0 Å². The summed E-state index contributed by atoms with van der Waals surface area (Å²) < 4.78 is 0. The van der Waals surface area contributed by atoms with Crippen LogP contribution >= 0.6 is 0 Å². The molecule has 286 valence electrons. The fourth-order valence-corrected chi connectivity index (χ4v) is 7.20. The van der Waals surface area contributed by atoms with Gasteiger partial charge >= 0.3 is 12.1 Å². The minimum atomic E-state index is -1.24. The zero-order valence-electron chi connectivity index (χ0n) is 32.0. The molecule has 1 aliphatic rings. The lowest BCUT2D eigenvalue weighted by molar-refractivity contribution is -0.131. The van der Waals surface area contributed by atoms with Crippen molar-refractivity contribution in [1.29, 1.82) is 0 Å². The molecular weight excluding hydrogens is 672 g/mol. The van der Waals surface area contributed by atoms with Crippen LogP contribution < -0.4 is 10.6 Å². The number of aliphatic hydroxyl groups is 1. The van der Waals surface area contributed by atoms with Gasteiger partial charge in [0.1, 0.15) is 12.1 Å². The molecule has 12 nitrogen and oxygen atoms in total. The molecule has 0 radical (unpaired) electrons. The molecular formula is C41H56N6O6. The molecule has 2 heterocycles. The molecule has 0 saturated carbocycles. The lowest BCUT2D eigenvalue weighted by Crippen LogP contribution is -2.59. The van der Waals surface area contributed by atoms with Crippen LogP contribution in [0.3, 0.4) is 0 Å². The molecule has 1 fully saturated rings. The first kappa shape index (κ1) is 40.8. The van der Waals surface area contributed by atoms with Crippen molar-refractivity contribution in [3.8, 4) is 0 Å². The Balaban J connectivity index is 1.61. The van der Waals surface area contributed by atoms with Gasteiger partial charge in [-0.3, -0.25) is 19.5 Å². The van der Waals surface area contributed by atoms with E-state index in [1.807, 2.05) is 93.6 Å². The summed E-state index contributed by atoms with van der Waals surface area (Å²) >= 11 is 0. The van der Waals surface area contributed by atoms with Crippen molar-refractivity contribution in [2.45, 2.75) is 97.6 Å². The largest absolute Gasteiger partial charge is 0.465 e. The Morgan fingerprint density at radius 1 is 0.811 bits per heavy atom. The highest BCUT2D eigenvalue weighted by molar-refractivity contribution is 5.89. The zero-order valence-corrected chi connectivity index (χ0v) is 32.0. The molecule has 0 unspecified atom stereocenters. The summed E-state index contributed by atoms with van der Waals surface area (Å²) in [6.45, 7) is 12.4. The molecule has 1 aliphatic heterocycles. The minimum absolute atomic E-state index is 0.0747. The molecule has 0 bridgehead atoms. The van der Waals surface area contributed by atoms with Crippen molar-refractivity contribution in [1.82, 2.24) is 30.3 Å². The second-order valence-electron chi connectivity index (χ2n) is 16.2. The molecule has 4 rings (SSSR count). The van der Waals surface area contributed by atoms with E-state index in [1.54, 1.807) is 43.0 Å². The van der Waals surface area contributed by atoms with Gasteiger partial charge in [0, 0.05) is 45.1 Å². The molecule has 2 aromatic carbocycles. The first-order valence-corrected chi connectivity index (χ1v) is 18.2. The topological polar surface area (TPSA) is 155 Å². The second-order valence-corrected chi connectivity index (χ2v) is 16.2. The van der Waals surface area contributed by atoms with E-state index in [0.717, 1.165) is 21.6 Å². The number of hydrogen-bond acceptors (Lipinski definition) is 6. The highest BCUT2D eigenvalue weighted by Gasteiger charge is 2.44. The summed E-state index contributed by atoms with van der Waals surface area (Å²) in [6, 6.07) is 19.3. The molecule has 1 aromatic heterocycles. The van der Waals surface area contributed by atoms with Gasteiger partial charge < -0.3 is 30.6 Å². The average molecular weight is 729 g/mol. The van der Waals surface area contributed by atoms with Crippen LogP contribution in [0.5, 0.6) is 0 Å². The van der Waals surface area contributed by atoms with Gasteiger partial charge in [0.25, 0.3) is 0 Å². The quantitative estimate of drug-likeness (QED) is 0.172. The van der Waals surface area contributed by atoms with Crippen molar-refractivity contribution in [2.24, 2.45) is 10.8 Å². The summed E-state index contributed by atoms with van der Waals surface area (Å²) in [6.07, 6.45) is 1.77. The Bertz CT molecular complexity index is 1660. The number of nitrogens with zero attached hydrogens (tertiary/aromatic N) is 4. The van der Waals surface area contributed by atoms with Crippen LogP contribution in [0.2, 0.25) is 0 Å². The number of aliphatic hydroxyl groups excluding tert-OH is 1. The first-order valence-electron chi connectivity index (χ1n) is 18.2. The number of likely N-dealkylation sites (N-methyl/N-ethyl adjacent to an activating group) is 1. The van der Waals surface area contributed by atoms with Crippen LogP contribution in [0, 0.1) is 10.8 Å². The standard InChI is InChI=1S/C41H56N6O6/c1-40(2,3)34(45(7)39(52)53)36(49)44-32(24-29-17-12-9-13-18-29)33(48)25-31(23-28-15-10-8-11-16-28)43-37(50)35(41(4,5)6)47-22-21-46(38(47)51)27-30-19-14-20-42-26-30/h8-20,26,31-35,48H,21-25,27H2,1-7H3,(H,43,50)(H,44,49)(H,52,53)/t31-,32-,33+,34+,35+/m0/s1. The maximum atomic E-state index is 14.4. The van der Waals surface area contributed by atoms with Crippen molar-refractivity contribution in [2.75, 3.05) is 20.1 Å². The predicted molar refractivity (Wildman–Crippen MR) is 204 cm³/mol. The van der Waals surface area contributed by atoms with E-state index in [9.17, 15) is 29.4 Å². The molecule has 12 heteroatoms. The number of hydrogen-bond donors (Lipinski definition) is 4. The Morgan fingerprint density at radius 2 is 1.40 bits per heavy atom. The molecule has 0 spiro atoms. The normalized spacial score (nSPS) is 16.3. The molecule has 53 heavy (non-hydrogen) atoms. The monoisotopic (exact) mass is 728 g/mol. The van der Waals surface area contributed by atoms with E-state index >= 15 is 0 Å². The van der Waals surface area contributed by atoms with Crippen LogP contribution in [-0.4, -0.2) is 104 Å². The van der Waals surface area contributed by atoms with Crippen LogP contribution in [0.4, 0.5) is 9.59 Å². The van der Waals surface area contributed by atoms with Gasteiger partial charge in [0.15, 0.2) is 0 Å². The first-order chi connectivity index (χ1) is 25.0. The summed E-state index contributed by atoms with van der Waals surface area (Å²) in [5.74, 6) is -0.857. The molecule has 0 aliphatic carbocycles. The lowest BCUT2D eigenvalue weighted by Gasteiger charge is -2.38. The number of aromatic nitrogens is 1. The second kappa shape index (κ2) is 17.7. The number of pyridine rings is 1. The van der Waals surface area contributed by atoms with Gasteiger partial charge in [-0.1, -0.05) is 108 Å². The maximum Gasteiger partial charge on any atom is 0.407 e. The number of urea groups is 1. The Hall–Kier alpha value is -4.97. The summed E-state index contributed by atoms with van der Waals surface area (Å²) in [7, 11) is 1.36. The van der Waals surface area contributed by atoms with E-state index in [-0.39, 0.29) is 24.8 Å². The van der Waals surface area contributed by atoms with E-state index < -0.39 is 53.1 Å². The van der Waals surface area contributed by atoms with Crippen molar-refractivity contribution in [3.05, 3.63) is 102 Å². The SMILES string of the molecule is CN(C(=O)O)[C@H](C(=O)N[C@@H](Cc1ccccc1)[C@H](O)C[C@H](Cc1ccccc1)NC(=O)[C@@H](N1CCN(Cc2cccnc2)C1=O)C(C)(C)C)C(C)(C)C. The molecule has 5 amide bonds. The third kappa shape index (κ3) is 11.3. The number of carboxylic acid groups (broad SMARTS) is 1. The van der Waals surface area contributed by atoms with E-state index in [0.29, 0.717) is 26.1 Å². The lowest BCUT2D eigenvalue weighted by atomic mass is 9.84. The molecule has 5 atom stereocenters. The van der Waals surface area contributed by atoms with Gasteiger partial charge in [-0.25, -0.2) is 9.59 Å².